The highest BCUT2D eigenvalue weighted by Gasteiger charge is 2.26. The maximum Gasteiger partial charge on any atom is 0.337 e. The number of carbonyl (C=O) groups excluding carboxylic acids is 2. The van der Waals surface area contributed by atoms with Crippen molar-refractivity contribution < 1.29 is 19.1 Å². The Morgan fingerprint density at radius 3 is 2.53 bits per heavy atom. The van der Waals surface area contributed by atoms with E-state index in [4.69, 9.17) is 9.47 Å². The second kappa shape index (κ2) is 8.13. The SMILES string of the molecule is COC(=O)c1ccc(/C=C/c2cccc3c2/C(=C/c2[nH]ccc2OC)C(=O)N3)cc1. The number of rotatable bonds is 5. The molecule has 0 saturated carbocycles. The van der Waals surface area contributed by atoms with Crippen LogP contribution < -0.4 is 10.1 Å². The Balaban J connectivity index is 1.69. The van der Waals surface area contributed by atoms with E-state index in [1.165, 1.54) is 7.11 Å². The van der Waals surface area contributed by atoms with E-state index < -0.39 is 0 Å². The highest BCUT2D eigenvalue weighted by Crippen LogP contribution is 2.37. The molecule has 0 fully saturated rings. The Morgan fingerprint density at radius 2 is 1.80 bits per heavy atom. The minimum atomic E-state index is -0.370. The van der Waals surface area contributed by atoms with E-state index in [9.17, 15) is 9.59 Å². The smallest absolute Gasteiger partial charge is 0.337 e. The van der Waals surface area contributed by atoms with E-state index in [1.54, 1.807) is 31.5 Å². The number of hydrogen-bond donors (Lipinski definition) is 2. The first kappa shape index (κ1) is 19.3. The van der Waals surface area contributed by atoms with Crippen LogP contribution in [0.1, 0.15) is 32.7 Å². The van der Waals surface area contributed by atoms with Crippen molar-refractivity contribution in [2.45, 2.75) is 0 Å². The number of benzene rings is 2. The normalized spacial score (nSPS) is 14.1. The number of carbonyl (C=O) groups is 2. The topological polar surface area (TPSA) is 80.4 Å². The van der Waals surface area contributed by atoms with E-state index in [-0.39, 0.29) is 11.9 Å². The van der Waals surface area contributed by atoms with E-state index in [2.05, 4.69) is 10.3 Å². The van der Waals surface area contributed by atoms with Gasteiger partial charge in [-0.2, -0.15) is 0 Å². The van der Waals surface area contributed by atoms with Gasteiger partial charge in [-0.25, -0.2) is 4.79 Å². The van der Waals surface area contributed by atoms with Crippen LogP contribution in [0.25, 0.3) is 23.8 Å². The zero-order valence-corrected chi connectivity index (χ0v) is 16.6. The van der Waals surface area contributed by atoms with Crippen LogP contribution in [0.5, 0.6) is 5.75 Å². The average Bonchev–Trinajstić information content (AvgIpc) is 3.36. The standard InChI is InChI=1S/C24H20N2O4/c1-29-21-12-13-25-20(21)14-18-22-16(4-3-5-19(22)26-23(18)27)9-6-15-7-10-17(11-8-15)24(28)30-2/h3-14,25H,1-2H3,(H,26,27)/b9-6+,18-14-. The molecule has 1 amide bonds. The predicted molar refractivity (Wildman–Crippen MR) is 117 cm³/mol. The lowest BCUT2D eigenvalue weighted by molar-refractivity contribution is -0.110. The third kappa shape index (κ3) is 3.63. The summed E-state index contributed by atoms with van der Waals surface area (Å²) in [6, 6.07) is 14.7. The molecule has 1 aromatic heterocycles. The van der Waals surface area contributed by atoms with Gasteiger partial charge in [-0.15, -0.1) is 0 Å². The molecule has 6 heteroatoms. The maximum atomic E-state index is 12.6. The Labute approximate surface area is 173 Å². The first-order valence-corrected chi connectivity index (χ1v) is 9.35. The molecule has 0 unspecified atom stereocenters. The molecule has 3 aromatic rings. The summed E-state index contributed by atoms with van der Waals surface area (Å²) in [4.78, 5) is 27.3. The fraction of sp³-hybridized carbons (Fsp3) is 0.0833. The number of fused-ring (bicyclic) bond motifs is 1. The van der Waals surface area contributed by atoms with Crippen LogP contribution in [0.15, 0.2) is 54.7 Å². The number of aromatic amines is 1. The lowest BCUT2D eigenvalue weighted by Crippen LogP contribution is -2.03. The summed E-state index contributed by atoms with van der Waals surface area (Å²) >= 11 is 0. The number of esters is 1. The van der Waals surface area contributed by atoms with Gasteiger partial charge in [0.05, 0.1) is 31.1 Å². The molecular formula is C24H20N2O4. The van der Waals surface area contributed by atoms with E-state index >= 15 is 0 Å². The van der Waals surface area contributed by atoms with Crippen molar-refractivity contribution in [1.82, 2.24) is 4.98 Å². The van der Waals surface area contributed by atoms with Gasteiger partial charge in [0.1, 0.15) is 5.75 Å². The zero-order chi connectivity index (χ0) is 21.1. The third-order valence-electron chi connectivity index (χ3n) is 4.89. The van der Waals surface area contributed by atoms with Crippen LogP contribution in [0.2, 0.25) is 0 Å². The van der Waals surface area contributed by atoms with E-state index in [0.717, 1.165) is 28.1 Å². The molecule has 1 aliphatic heterocycles. The van der Waals surface area contributed by atoms with Gasteiger partial charge in [0, 0.05) is 17.4 Å². The number of H-pyrrole nitrogens is 1. The minimum absolute atomic E-state index is 0.162. The van der Waals surface area contributed by atoms with Crippen LogP contribution in [0, 0.1) is 0 Å². The van der Waals surface area contributed by atoms with Crippen molar-refractivity contribution in [3.05, 3.63) is 82.7 Å². The fourth-order valence-electron chi connectivity index (χ4n) is 3.39. The van der Waals surface area contributed by atoms with Crippen LogP contribution in [-0.2, 0) is 9.53 Å². The Hall–Kier alpha value is -4.06. The van der Waals surface area contributed by atoms with Gasteiger partial charge in [-0.3, -0.25) is 4.79 Å². The van der Waals surface area contributed by atoms with Gasteiger partial charge in [0.15, 0.2) is 0 Å². The zero-order valence-electron chi connectivity index (χ0n) is 16.6. The number of anilines is 1. The van der Waals surface area contributed by atoms with Crippen molar-refractivity contribution >= 4 is 41.4 Å². The lowest BCUT2D eigenvalue weighted by Gasteiger charge is -2.05. The quantitative estimate of drug-likeness (QED) is 0.376. The number of ether oxygens (including phenoxy) is 2. The lowest BCUT2D eigenvalue weighted by atomic mass is 9.98. The second-order valence-electron chi connectivity index (χ2n) is 6.69. The summed E-state index contributed by atoms with van der Waals surface area (Å²) in [5.74, 6) is 0.137. The van der Waals surface area contributed by atoms with Crippen molar-refractivity contribution in [2.24, 2.45) is 0 Å². The summed E-state index contributed by atoms with van der Waals surface area (Å²) < 4.78 is 10.1. The molecule has 2 N–H and O–H groups in total. The molecular weight excluding hydrogens is 380 g/mol. The third-order valence-corrected chi connectivity index (χ3v) is 4.89. The van der Waals surface area contributed by atoms with Crippen LogP contribution in [0.3, 0.4) is 0 Å². The van der Waals surface area contributed by atoms with E-state index in [1.807, 2.05) is 48.6 Å². The van der Waals surface area contributed by atoms with Gasteiger partial charge in [-0.1, -0.05) is 36.4 Å². The molecule has 4 rings (SSSR count). The van der Waals surface area contributed by atoms with Crippen molar-refractivity contribution in [3.8, 4) is 5.75 Å². The molecule has 2 aromatic carbocycles. The first-order chi connectivity index (χ1) is 14.6. The molecule has 150 valence electrons. The number of nitrogens with one attached hydrogen (secondary N) is 2. The van der Waals surface area contributed by atoms with E-state index in [0.29, 0.717) is 16.9 Å². The maximum absolute atomic E-state index is 12.6. The molecule has 1 aliphatic rings. The molecule has 0 atom stereocenters. The highest BCUT2D eigenvalue weighted by molar-refractivity contribution is 6.35. The van der Waals surface area contributed by atoms with Gasteiger partial charge < -0.3 is 19.8 Å². The summed E-state index contributed by atoms with van der Waals surface area (Å²) in [6.07, 6.45) is 7.45. The highest BCUT2D eigenvalue weighted by atomic mass is 16.5. The summed E-state index contributed by atoms with van der Waals surface area (Å²) in [5, 5.41) is 2.92. The number of amides is 1. The summed E-state index contributed by atoms with van der Waals surface area (Å²) in [5.41, 5.74) is 5.21. The van der Waals surface area contributed by atoms with Crippen LogP contribution >= 0.6 is 0 Å². The molecule has 6 nitrogen and oxygen atoms in total. The summed E-state index contributed by atoms with van der Waals surface area (Å²) in [6.45, 7) is 0. The molecule has 0 spiro atoms. The first-order valence-electron chi connectivity index (χ1n) is 9.35. The Kier molecular flexibility index (Phi) is 5.22. The molecule has 0 bridgehead atoms. The Bertz CT molecular complexity index is 1170. The van der Waals surface area contributed by atoms with Gasteiger partial charge in [0.2, 0.25) is 0 Å². The molecule has 0 aliphatic carbocycles. The van der Waals surface area contributed by atoms with Gasteiger partial charge in [0.25, 0.3) is 5.91 Å². The van der Waals surface area contributed by atoms with Crippen molar-refractivity contribution in [1.29, 1.82) is 0 Å². The minimum Gasteiger partial charge on any atom is -0.495 e. The molecule has 30 heavy (non-hydrogen) atoms. The Morgan fingerprint density at radius 1 is 1.00 bits per heavy atom. The second-order valence-corrected chi connectivity index (χ2v) is 6.69. The molecule has 0 radical (unpaired) electrons. The molecule has 0 saturated heterocycles. The van der Waals surface area contributed by atoms with Crippen molar-refractivity contribution in [3.63, 3.8) is 0 Å². The number of methoxy groups -OCH3 is 2. The van der Waals surface area contributed by atoms with Crippen LogP contribution in [0.4, 0.5) is 5.69 Å². The van der Waals surface area contributed by atoms with Crippen LogP contribution in [-0.4, -0.2) is 31.1 Å². The fourth-order valence-corrected chi connectivity index (χ4v) is 3.39. The largest absolute Gasteiger partial charge is 0.495 e. The summed E-state index contributed by atoms with van der Waals surface area (Å²) in [7, 11) is 2.95. The van der Waals surface area contributed by atoms with Crippen molar-refractivity contribution in [2.75, 3.05) is 19.5 Å². The predicted octanol–water partition coefficient (Wildman–Crippen LogP) is 4.47. The van der Waals surface area contributed by atoms with Gasteiger partial charge in [-0.05, 0) is 41.5 Å². The monoisotopic (exact) mass is 400 g/mol. The average molecular weight is 400 g/mol. The number of hydrogen-bond acceptors (Lipinski definition) is 4. The van der Waals surface area contributed by atoms with Gasteiger partial charge >= 0.3 is 5.97 Å². The molecule has 2 heterocycles. The number of aromatic nitrogens is 1.